The number of ether oxygens (including phenoxy) is 2. The van der Waals surface area contributed by atoms with Crippen LogP contribution in [-0.2, 0) is 19.1 Å². The molecule has 0 aromatic carbocycles. The van der Waals surface area contributed by atoms with E-state index < -0.39 is 0 Å². The number of carbonyl (C=O) groups is 2. The first-order valence-electron chi connectivity index (χ1n) is 12.7. The van der Waals surface area contributed by atoms with E-state index in [1.807, 2.05) is 0 Å². The first-order valence-corrected chi connectivity index (χ1v) is 12.7. The molecule has 0 radical (unpaired) electrons. The number of hydrogen-bond donors (Lipinski definition) is 0. The highest BCUT2D eigenvalue weighted by molar-refractivity contribution is 5.75. The van der Waals surface area contributed by atoms with E-state index in [0.717, 1.165) is 63.2 Å². The van der Waals surface area contributed by atoms with Gasteiger partial charge in [-0.25, -0.2) is 0 Å². The average molecular weight is 425 g/mol. The Morgan fingerprint density at radius 2 is 0.933 bits per heavy atom. The lowest BCUT2D eigenvalue weighted by atomic mass is 9.82. The summed E-state index contributed by atoms with van der Waals surface area (Å²) in [6.45, 7) is 10.1. The monoisotopic (exact) mass is 424 g/mol. The number of unbranched alkanes of at least 4 members (excludes halogenated alkanes) is 6. The van der Waals surface area contributed by atoms with Crippen molar-refractivity contribution < 1.29 is 19.1 Å². The van der Waals surface area contributed by atoms with E-state index >= 15 is 0 Å². The molecule has 0 aromatic heterocycles. The minimum absolute atomic E-state index is 0.0315. The van der Waals surface area contributed by atoms with Gasteiger partial charge >= 0.3 is 11.9 Å². The van der Waals surface area contributed by atoms with Gasteiger partial charge in [0, 0.05) is 0 Å². The van der Waals surface area contributed by atoms with Gasteiger partial charge in [0.2, 0.25) is 0 Å². The summed E-state index contributed by atoms with van der Waals surface area (Å²) in [4.78, 5) is 24.5. The third-order valence-corrected chi connectivity index (χ3v) is 6.23. The zero-order valence-corrected chi connectivity index (χ0v) is 20.3. The van der Waals surface area contributed by atoms with Gasteiger partial charge in [0.15, 0.2) is 0 Å². The van der Waals surface area contributed by atoms with Gasteiger partial charge < -0.3 is 9.47 Å². The summed E-state index contributed by atoms with van der Waals surface area (Å²) >= 11 is 0. The van der Waals surface area contributed by atoms with Crippen LogP contribution in [0.4, 0.5) is 0 Å². The van der Waals surface area contributed by atoms with Crippen molar-refractivity contribution in [3.05, 3.63) is 0 Å². The van der Waals surface area contributed by atoms with Crippen LogP contribution in [0.2, 0.25) is 0 Å². The van der Waals surface area contributed by atoms with E-state index in [1.54, 1.807) is 0 Å². The molecule has 176 valence electrons. The molecule has 0 amide bonds. The van der Waals surface area contributed by atoms with E-state index in [0.29, 0.717) is 13.2 Å². The molecule has 0 saturated heterocycles. The van der Waals surface area contributed by atoms with Crippen molar-refractivity contribution >= 4 is 11.9 Å². The molecule has 30 heavy (non-hydrogen) atoms. The molecule has 0 aliphatic heterocycles. The summed E-state index contributed by atoms with van der Waals surface area (Å²) < 4.78 is 11.0. The van der Waals surface area contributed by atoms with Gasteiger partial charge in [-0.05, 0) is 50.4 Å². The zero-order chi connectivity index (χ0) is 22.2. The highest BCUT2D eigenvalue weighted by atomic mass is 16.5. The fraction of sp³-hybridized carbons (Fsp3) is 0.923. The largest absolute Gasteiger partial charge is 0.465 e. The minimum Gasteiger partial charge on any atom is -0.465 e. The fourth-order valence-electron chi connectivity index (χ4n) is 4.16. The Bertz CT molecular complexity index is 408. The number of carbonyl (C=O) groups excluding carboxylic acids is 2. The summed E-state index contributed by atoms with van der Waals surface area (Å²) in [6.07, 6.45) is 14.7. The topological polar surface area (TPSA) is 52.6 Å². The van der Waals surface area contributed by atoms with Crippen LogP contribution >= 0.6 is 0 Å². The van der Waals surface area contributed by atoms with E-state index in [1.165, 1.54) is 38.5 Å². The second-order valence-electron chi connectivity index (χ2n) is 10.1. The van der Waals surface area contributed by atoms with Crippen LogP contribution in [0, 0.1) is 23.7 Å². The molecule has 1 rings (SSSR count). The molecule has 1 aliphatic rings. The molecule has 0 bridgehead atoms. The SMILES string of the molecule is CC(C)CCCCCCOC(=O)C1CCC(C(=O)OCCCCCCC(C)C)CC1. The molecular weight excluding hydrogens is 376 g/mol. The smallest absolute Gasteiger partial charge is 0.308 e. The summed E-state index contributed by atoms with van der Waals surface area (Å²) in [5, 5.41) is 0. The van der Waals surface area contributed by atoms with Crippen molar-refractivity contribution in [1.29, 1.82) is 0 Å². The van der Waals surface area contributed by atoms with E-state index in [-0.39, 0.29) is 23.8 Å². The molecule has 0 N–H and O–H groups in total. The second kappa shape index (κ2) is 16.6. The molecule has 1 saturated carbocycles. The Morgan fingerprint density at radius 1 is 0.600 bits per heavy atom. The second-order valence-corrected chi connectivity index (χ2v) is 10.1. The molecule has 0 aromatic rings. The van der Waals surface area contributed by atoms with Gasteiger partial charge in [0.25, 0.3) is 0 Å². The fourth-order valence-corrected chi connectivity index (χ4v) is 4.16. The molecule has 0 spiro atoms. The van der Waals surface area contributed by atoms with Crippen LogP contribution in [-0.4, -0.2) is 25.2 Å². The summed E-state index contributed by atoms with van der Waals surface area (Å²) in [5.41, 5.74) is 0. The van der Waals surface area contributed by atoms with Crippen molar-refractivity contribution in [3.63, 3.8) is 0 Å². The highest BCUT2D eigenvalue weighted by Gasteiger charge is 2.31. The van der Waals surface area contributed by atoms with Crippen molar-refractivity contribution in [1.82, 2.24) is 0 Å². The minimum atomic E-state index is -0.0644. The molecule has 4 heteroatoms. The maximum Gasteiger partial charge on any atom is 0.308 e. The lowest BCUT2D eigenvalue weighted by molar-refractivity contribution is -0.155. The highest BCUT2D eigenvalue weighted by Crippen LogP contribution is 2.30. The predicted molar refractivity (Wildman–Crippen MR) is 123 cm³/mol. The van der Waals surface area contributed by atoms with Gasteiger partial charge in [-0.3, -0.25) is 9.59 Å². The summed E-state index contributed by atoms with van der Waals surface area (Å²) in [7, 11) is 0. The van der Waals surface area contributed by atoms with Crippen molar-refractivity contribution in [2.24, 2.45) is 23.7 Å². The zero-order valence-electron chi connectivity index (χ0n) is 20.3. The van der Waals surface area contributed by atoms with Gasteiger partial charge in [0.05, 0.1) is 25.0 Å². The van der Waals surface area contributed by atoms with Crippen LogP contribution < -0.4 is 0 Å². The Morgan fingerprint density at radius 3 is 1.27 bits per heavy atom. The first-order chi connectivity index (χ1) is 14.4. The number of esters is 2. The average Bonchev–Trinajstić information content (AvgIpc) is 2.71. The first kappa shape index (κ1) is 27.0. The van der Waals surface area contributed by atoms with Gasteiger partial charge in [-0.2, -0.15) is 0 Å². The van der Waals surface area contributed by atoms with E-state index in [9.17, 15) is 9.59 Å². The van der Waals surface area contributed by atoms with Crippen LogP contribution in [0.1, 0.15) is 118 Å². The predicted octanol–water partition coefficient (Wildman–Crippen LogP) is 7.09. The maximum atomic E-state index is 12.3. The van der Waals surface area contributed by atoms with Gasteiger partial charge in [0.1, 0.15) is 0 Å². The molecule has 1 aliphatic carbocycles. The Kier molecular flexibility index (Phi) is 14.9. The molecule has 0 heterocycles. The third-order valence-electron chi connectivity index (χ3n) is 6.23. The summed E-state index contributed by atoms with van der Waals surface area (Å²) in [5.74, 6) is 1.35. The quantitative estimate of drug-likeness (QED) is 0.196. The van der Waals surface area contributed by atoms with E-state index in [2.05, 4.69) is 27.7 Å². The van der Waals surface area contributed by atoms with Crippen LogP contribution in [0.15, 0.2) is 0 Å². The lowest BCUT2D eigenvalue weighted by Gasteiger charge is -2.26. The summed E-state index contributed by atoms with van der Waals surface area (Å²) in [6, 6.07) is 0. The standard InChI is InChI=1S/C26H48O4/c1-21(2)13-9-5-7-11-19-29-25(27)23-15-17-24(18-16-23)26(28)30-20-12-8-6-10-14-22(3)4/h21-24H,5-20H2,1-4H3. The number of rotatable bonds is 16. The Hall–Kier alpha value is -1.06. The molecular formula is C26H48O4. The van der Waals surface area contributed by atoms with Gasteiger partial charge in [-0.15, -0.1) is 0 Å². The third kappa shape index (κ3) is 13.3. The van der Waals surface area contributed by atoms with Crippen molar-refractivity contribution in [2.75, 3.05) is 13.2 Å². The van der Waals surface area contributed by atoms with Crippen molar-refractivity contribution in [2.45, 2.75) is 118 Å². The Labute approximate surface area is 185 Å². The van der Waals surface area contributed by atoms with Gasteiger partial charge in [-0.1, -0.05) is 79.1 Å². The molecule has 1 fully saturated rings. The maximum absolute atomic E-state index is 12.3. The van der Waals surface area contributed by atoms with Crippen LogP contribution in [0.3, 0.4) is 0 Å². The number of hydrogen-bond acceptors (Lipinski definition) is 4. The van der Waals surface area contributed by atoms with Crippen LogP contribution in [0.5, 0.6) is 0 Å². The lowest BCUT2D eigenvalue weighted by Crippen LogP contribution is -2.28. The van der Waals surface area contributed by atoms with Crippen molar-refractivity contribution in [3.8, 4) is 0 Å². The molecule has 4 nitrogen and oxygen atoms in total. The Balaban J connectivity index is 2.03. The molecule has 0 unspecified atom stereocenters. The van der Waals surface area contributed by atoms with E-state index in [4.69, 9.17) is 9.47 Å². The molecule has 0 atom stereocenters. The normalized spacial score (nSPS) is 19.3. The van der Waals surface area contributed by atoms with Crippen LogP contribution in [0.25, 0.3) is 0 Å².